The summed E-state index contributed by atoms with van der Waals surface area (Å²) in [6, 6.07) is 0.434. The van der Waals surface area contributed by atoms with E-state index in [4.69, 9.17) is 16.6 Å². The summed E-state index contributed by atoms with van der Waals surface area (Å²) in [5.74, 6) is -5.34. The highest BCUT2D eigenvalue weighted by atomic mass is 16.4. The number of aliphatic hydroxyl groups excluding tert-OH is 1. The first-order chi connectivity index (χ1) is 15.8. The number of hydrogen-bond donors (Lipinski definition) is 8. The van der Waals surface area contributed by atoms with Crippen molar-refractivity contribution < 1.29 is 39.3 Å². The molecule has 1 aromatic carbocycles. The van der Waals surface area contributed by atoms with Gasteiger partial charge in [-0.25, -0.2) is 4.79 Å². The lowest BCUT2D eigenvalue weighted by atomic mass is 10.00. The first-order valence-corrected chi connectivity index (χ1v) is 10.4. The maximum Gasteiger partial charge on any atom is 0.326 e. The number of aliphatic hydroxyl groups is 1. The monoisotopic (exact) mass is 481 g/mol. The lowest BCUT2D eigenvalue weighted by molar-refractivity contribution is -0.143. The molecule has 13 heteroatoms. The molecule has 1 rings (SSSR count). The first kappa shape index (κ1) is 28.3. The van der Waals surface area contributed by atoms with Crippen LogP contribution in [0.15, 0.2) is 24.3 Å². The summed E-state index contributed by atoms with van der Waals surface area (Å²) in [6.07, 6.45) is -0.764. The van der Waals surface area contributed by atoms with Crippen LogP contribution in [0.25, 0.3) is 0 Å². The Balaban J connectivity index is 3.14. The van der Waals surface area contributed by atoms with Gasteiger partial charge in [-0.3, -0.25) is 19.2 Å². The van der Waals surface area contributed by atoms with E-state index < -0.39 is 72.7 Å². The molecule has 0 saturated heterocycles. The number of primary amides is 1. The Hall–Kier alpha value is -3.71. The number of benzene rings is 1. The lowest BCUT2D eigenvalue weighted by Gasteiger charge is -2.26. The Bertz CT molecular complexity index is 890. The minimum Gasteiger partial charge on any atom is -0.508 e. The first-order valence-electron chi connectivity index (χ1n) is 10.4. The normalized spacial score (nSPS) is 14.4. The largest absolute Gasteiger partial charge is 0.508 e. The molecular weight excluding hydrogens is 450 g/mol. The number of phenolic OH excluding ortho intramolecular Hbond substituents is 1. The molecule has 0 aliphatic rings. The lowest BCUT2D eigenvalue weighted by Crippen LogP contribution is -2.59. The van der Waals surface area contributed by atoms with Crippen LogP contribution in [0.2, 0.25) is 0 Å². The second kappa shape index (κ2) is 13.1. The van der Waals surface area contributed by atoms with Crippen LogP contribution in [0.5, 0.6) is 5.75 Å². The molecule has 188 valence electrons. The van der Waals surface area contributed by atoms with Crippen molar-refractivity contribution in [2.45, 2.75) is 50.9 Å². The summed E-state index contributed by atoms with van der Waals surface area (Å²) in [6.45, 7) is 2.63. The fraction of sp³-hybridized carbons (Fsp3) is 0.476. The molecule has 10 N–H and O–H groups in total. The van der Waals surface area contributed by atoms with Gasteiger partial charge >= 0.3 is 5.97 Å². The van der Waals surface area contributed by atoms with Crippen molar-refractivity contribution in [3.05, 3.63) is 29.8 Å². The van der Waals surface area contributed by atoms with Gasteiger partial charge in [-0.05, 0) is 23.6 Å². The molecule has 4 amide bonds. The smallest absolute Gasteiger partial charge is 0.326 e. The predicted octanol–water partition coefficient (Wildman–Crippen LogP) is -2.68. The number of carbonyl (C=O) groups excluding carboxylic acids is 4. The number of hydrogen-bond acceptors (Lipinski definition) is 8. The van der Waals surface area contributed by atoms with Crippen LogP contribution in [0.3, 0.4) is 0 Å². The molecule has 0 aromatic heterocycles. The van der Waals surface area contributed by atoms with Crippen molar-refractivity contribution in [1.29, 1.82) is 0 Å². The van der Waals surface area contributed by atoms with E-state index in [2.05, 4.69) is 16.0 Å². The molecular formula is C21H31N5O8. The second-order valence-corrected chi connectivity index (χ2v) is 8.02. The van der Waals surface area contributed by atoms with E-state index in [0.29, 0.717) is 5.56 Å². The molecule has 0 bridgehead atoms. The van der Waals surface area contributed by atoms with Gasteiger partial charge in [0.2, 0.25) is 23.6 Å². The van der Waals surface area contributed by atoms with Gasteiger partial charge in [0.1, 0.15) is 29.9 Å². The van der Waals surface area contributed by atoms with Gasteiger partial charge in [0.25, 0.3) is 0 Å². The Labute approximate surface area is 195 Å². The predicted molar refractivity (Wildman–Crippen MR) is 119 cm³/mol. The summed E-state index contributed by atoms with van der Waals surface area (Å²) >= 11 is 0. The third-order valence-corrected chi connectivity index (χ3v) is 4.81. The van der Waals surface area contributed by atoms with Crippen LogP contribution in [-0.2, 0) is 30.4 Å². The zero-order chi connectivity index (χ0) is 26.0. The number of nitrogens with two attached hydrogens (primary N) is 2. The van der Waals surface area contributed by atoms with Gasteiger partial charge < -0.3 is 42.7 Å². The van der Waals surface area contributed by atoms with E-state index in [0.717, 1.165) is 0 Å². The van der Waals surface area contributed by atoms with Crippen molar-refractivity contribution in [3.8, 4) is 5.75 Å². The van der Waals surface area contributed by atoms with Crippen LogP contribution >= 0.6 is 0 Å². The summed E-state index contributed by atoms with van der Waals surface area (Å²) in [7, 11) is 0. The summed E-state index contributed by atoms with van der Waals surface area (Å²) in [5, 5.41) is 34.9. The molecule has 13 nitrogen and oxygen atoms in total. The van der Waals surface area contributed by atoms with Crippen molar-refractivity contribution in [3.63, 3.8) is 0 Å². The van der Waals surface area contributed by atoms with Crippen molar-refractivity contribution in [2.24, 2.45) is 17.4 Å². The minimum atomic E-state index is -1.62. The fourth-order valence-corrected chi connectivity index (χ4v) is 2.89. The molecule has 0 fully saturated rings. The summed E-state index contributed by atoms with van der Waals surface area (Å²) < 4.78 is 0. The summed E-state index contributed by atoms with van der Waals surface area (Å²) in [5.41, 5.74) is 11.0. The highest BCUT2D eigenvalue weighted by molar-refractivity contribution is 5.95. The Kier molecular flexibility index (Phi) is 10.9. The van der Waals surface area contributed by atoms with Gasteiger partial charge in [-0.1, -0.05) is 26.0 Å². The van der Waals surface area contributed by atoms with Gasteiger partial charge in [0.15, 0.2) is 0 Å². The standard InChI is InChI=1S/C21H31N5O8/c1-10(2)17(26-18(30)13(22)9-27)20(32)24-14(7-11-3-5-12(28)6-4-11)19(31)25-15(21(33)34)8-16(23)29/h3-6,10,13-15,17,27-28H,7-9,22H2,1-2H3,(H2,23,29)(H,24,32)(H,25,31)(H,26,30)(H,33,34). The van der Waals surface area contributed by atoms with Crippen molar-refractivity contribution in [2.75, 3.05) is 6.61 Å². The number of rotatable bonds is 13. The van der Waals surface area contributed by atoms with Crippen LogP contribution in [0.1, 0.15) is 25.8 Å². The molecule has 0 spiro atoms. The van der Waals surface area contributed by atoms with Crippen molar-refractivity contribution >= 4 is 29.6 Å². The number of nitrogens with one attached hydrogen (secondary N) is 3. The van der Waals surface area contributed by atoms with E-state index in [1.54, 1.807) is 13.8 Å². The van der Waals surface area contributed by atoms with Crippen LogP contribution in [-0.4, -0.2) is 75.7 Å². The molecule has 0 saturated carbocycles. The van der Waals surface area contributed by atoms with Crippen LogP contribution < -0.4 is 27.4 Å². The van der Waals surface area contributed by atoms with E-state index in [-0.39, 0.29) is 12.2 Å². The van der Waals surface area contributed by atoms with E-state index >= 15 is 0 Å². The zero-order valence-electron chi connectivity index (χ0n) is 18.9. The zero-order valence-corrected chi connectivity index (χ0v) is 18.9. The number of carbonyl (C=O) groups is 5. The number of aliphatic carboxylic acids is 1. The van der Waals surface area contributed by atoms with Gasteiger partial charge in [-0.2, -0.15) is 0 Å². The maximum absolute atomic E-state index is 12.9. The number of carboxylic acid groups (broad SMARTS) is 1. The quantitative estimate of drug-likeness (QED) is 0.146. The van der Waals surface area contributed by atoms with Gasteiger partial charge in [-0.15, -0.1) is 0 Å². The molecule has 0 aliphatic carbocycles. The van der Waals surface area contributed by atoms with E-state index in [1.165, 1.54) is 24.3 Å². The SMILES string of the molecule is CC(C)C(NC(=O)C(N)CO)C(=O)NC(Cc1ccc(O)cc1)C(=O)NC(CC(N)=O)C(=O)O. The molecule has 4 atom stereocenters. The maximum atomic E-state index is 12.9. The number of carboxylic acids is 1. The Morgan fingerprint density at radius 3 is 1.94 bits per heavy atom. The molecule has 1 aromatic rings. The average molecular weight is 482 g/mol. The molecule has 0 aliphatic heterocycles. The van der Waals surface area contributed by atoms with E-state index in [1.807, 2.05) is 0 Å². The van der Waals surface area contributed by atoms with E-state index in [9.17, 15) is 34.2 Å². The Morgan fingerprint density at radius 2 is 1.47 bits per heavy atom. The summed E-state index contributed by atoms with van der Waals surface area (Å²) in [4.78, 5) is 60.5. The molecule has 0 heterocycles. The third kappa shape index (κ3) is 9.03. The van der Waals surface area contributed by atoms with Gasteiger partial charge in [0.05, 0.1) is 13.0 Å². The molecule has 0 radical (unpaired) electrons. The average Bonchev–Trinajstić information content (AvgIpc) is 2.76. The van der Waals surface area contributed by atoms with Crippen LogP contribution in [0, 0.1) is 5.92 Å². The third-order valence-electron chi connectivity index (χ3n) is 4.81. The van der Waals surface area contributed by atoms with Gasteiger partial charge in [0, 0.05) is 6.42 Å². The fourth-order valence-electron chi connectivity index (χ4n) is 2.89. The topological polar surface area (TPSA) is 234 Å². The molecule has 4 unspecified atom stereocenters. The molecule has 34 heavy (non-hydrogen) atoms. The highest BCUT2D eigenvalue weighted by Gasteiger charge is 2.32. The number of phenols is 1. The number of amides is 4. The van der Waals surface area contributed by atoms with Crippen LogP contribution in [0.4, 0.5) is 0 Å². The number of aromatic hydroxyl groups is 1. The second-order valence-electron chi connectivity index (χ2n) is 8.02. The minimum absolute atomic E-state index is 0.0241. The highest BCUT2D eigenvalue weighted by Crippen LogP contribution is 2.12. The van der Waals surface area contributed by atoms with Crippen molar-refractivity contribution in [1.82, 2.24) is 16.0 Å². The Morgan fingerprint density at radius 1 is 0.912 bits per heavy atom.